The molecule has 4 rings (SSSR count). The number of nitrogens with zero attached hydrogens (tertiary/aromatic N) is 2. The number of ketones is 1. The molecule has 0 N–H and O–H groups in total. The van der Waals surface area contributed by atoms with Gasteiger partial charge in [-0.1, -0.05) is 30.3 Å². The molecule has 4 aromatic rings. The summed E-state index contributed by atoms with van der Waals surface area (Å²) in [5.41, 5.74) is 1.52. The van der Waals surface area contributed by atoms with Crippen LogP contribution in [0.4, 0.5) is 8.78 Å². The van der Waals surface area contributed by atoms with Crippen molar-refractivity contribution in [2.75, 3.05) is 7.11 Å². The standard InChI is InChI=1S/C23H16F2N2O3/c1-29-21-12-26-19-8-7-15(9-20(19)27-21)23(28)17-10-16(11-18(24)22(17)25)30-13-14-5-3-2-4-6-14/h2-12H,13H2,1H3. The van der Waals surface area contributed by atoms with Crippen molar-refractivity contribution in [2.45, 2.75) is 6.61 Å². The SMILES string of the molecule is COc1cnc2ccc(C(=O)c3cc(OCc4ccccc4)cc(F)c3F)cc2n1. The van der Waals surface area contributed by atoms with E-state index in [-0.39, 0.29) is 23.8 Å². The van der Waals surface area contributed by atoms with Crippen LogP contribution < -0.4 is 9.47 Å². The minimum atomic E-state index is -1.23. The zero-order valence-electron chi connectivity index (χ0n) is 15.9. The normalized spacial score (nSPS) is 10.8. The van der Waals surface area contributed by atoms with Gasteiger partial charge in [-0.2, -0.15) is 0 Å². The number of methoxy groups -OCH3 is 1. The van der Waals surface area contributed by atoms with Crippen LogP contribution >= 0.6 is 0 Å². The molecule has 0 aliphatic carbocycles. The molecule has 0 aliphatic rings. The zero-order chi connectivity index (χ0) is 21.1. The van der Waals surface area contributed by atoms with Gasteiger partial charge in [-0.25, -0.2) is 18.7 Å². The summed E-state index contributed by atoms with van der Waals surface area (Å²) in [5, 5.41) is 0. The molecule has 0 saturated carbocycles. The van der Waals surface area contributed by atoms with Crippen LogP contribution in [-0.2, 0) is 6.61 Å². The highest BCUT2D eigenvalue weighted by molar-refractivity contribution is 6.10. The number of fused-ring (bicyclic) bond motifs is 1. The molecule has 0 amide bonds. The second kappa shape index (κ2) is 8.24. The average molecular weight is 406 g/mol. The van der Waals surface area contributed by atoms with Crippen LogP contribution in [0.15, 0.2) is 66.9 Å². The number of hydrogen-bond acceptors (Lipinski definition) is 5. The summed E-state index contributed by atoms with van der Waals surface area (Å²) in [7, 11) is 1.45. The predicted molar refractivity (Wildman–Crippen MR) is 107 cm³/mol. The zero-order valence-corrected chi connectivity index (χ0v) is 15.9. The number of hydrogen-bond donors (Lipinski definition) is 0. The molecule has 0 unspecified atom stereocenters. The van der Waals surface area contributed by atoms with E-state index in [0.29, 0.717) is 11.0 Å². The van der Waals surface area contributed by atoms with Gasteiger partial charge in [0.05, 0.1) is 29.9 Å². The lowest BCUT2D eigenvalue weighted by Gasteiger charge is -2.10. The molecule has 1 aromatic heterocycles. The van der Waals surface area contributed by atoms with Crippen LogP contribution in [0.1, 0.15) is 21.5 Å². The number of carbonyl (C=O) groups is 1. The third-order valence-corrected chi connectivity index (χ3v) is 4.49. The molecule has 150 valence electrons. The molecule has 30 heavy (non-hydrogen) atoms. The summed E-state index contributed by atoms with van der Waals surface area (Å²) in [6.07, 6.45) is 1.45. The van der Waals surface area contributed by atoms with Crippen LogP contribution in [0.3, 0.4) is 0 Å². The summed E-state index contributed by atoms with van der Waals surface area (Å²) in [6.45, 7) is 0.158. The Morgan fingerprint density at radius 1 is 1.00 bits per heavy atom. The Balaban J connectivity index is 1.66. The van der Waals surface area contributed by atoms with E-state index in [1.807, 2.05) is 30.3 Å². The number of halogens is 2. The first-order chi connectivity index (χ1) is 14.5. The van der Waals surface area contributed by atoms with Crippen LogP contribution in [0.25, 0.3) is 11.0 Å². The minimum Gasteiger partial charge on any atom is -0.489 e. The van der Waals surface area contributed by atoms with E-state index >= 15 is 0 Å². The van der Waals surface area contributed by atoms with E-state index in [9.17, 15) is 13.6 Å². The number of ether oxygens (including phenoxy) is 2. The quantitative estimate of drug-likeness (QED) is 0.434. The Hall–Kier alpha value is -3.87. The van der Waals surface area contributed by atoms with Crippen molar-refractivity contribution in [1.82, 2.24) is 9.97 Å². The van der Waals surface area contributed by atoms with Crippen molar-refractivity contribution in [3.63, 3.8) is 0 Å². The van der Waals surface area contributed by atoms with Gasteiger partial charge in [0.1, 0.15) is 12.4 Å². The number of aromatic nitrogens is 2. The van der Waals surface area contributed by atoms with Gasteiger partial charge in [-0.3, -0.25) is 4.79 Å². The van der Waals surface area contributed by atoms with Crippen molar-refractivity contribution in [1.29, 1.82) is 0 Å². The third-order valence-electron chi connectivity index (χ3n) is 4.49. The molecule has 0 bridgehead atoms. The fraction of sp³-hybridized carbons (Fsp3) is 0.0870. The van der Waals surface area contributed by atoms with Gasteiger partial charge >= 0.3 is 0 Å². The summed E-state index contributed by atoms with van der Waals surface area (Å²) in [5.74, 6) is -2.75. The fourth-order valence-electron chi connectivity index (χ4n) is 2.94. The van der Waals surface area contributed by atoms with Gasteiger partial charge < -0.3 is 9.47 Å². The minimum absolute atomic E-state index is 0.0587. The van der Waals surface area contributed by atoms with E-state index < -0.39 is 23.0 Å². The van der Waals surface area contributed by atoms with Crippen molar-refractivity contribution in [3.8, 4) is 11.6 Å². The van der Waals surface area contributed by atoms with Crippen LogP contribution in [-0.4, -0.2) is 22.9 Å². The second-order valence-corrected chi connectivity index (χ2v) is 6.49. The Morgan fingerprint density at radius 2 is 1.80 bits per heavy atom. The molecule has 1 heterocycles. The maximum absolute atomic E-state index is 14.4. The molecular formula is C23H16F2N2O3. The Labute approximate surface area is 170 Å². The first kappa shape index (κ1) is 19.4. The predicted octanol–water partition coefficient (Wildman–Crippen LogP) is 4.73. The number of carbonyl (C=O) groups excluding carboxylic acids is 1. The van der Waals surface area contributed by atoms with Gasteiger partial charge in [0.15, 0.2) is 17.4 Å². The Morgan fingerprint density at radius 3 is 2.57 bits per heavy atom. The van der Waals surface area contributed by atoms with Crippen molar-refractivity contribution in [3.05, 3.63) is 95.2 Å². The third kappa shape index (κ3) is 3.96. The molecule has 7 heteroatoms. The highest BCUT2D eigenvalue weighted by Crippen LogP contribution is 2.25. The maximum Gasteiger partial charge on any atom is 0.232 e. The molecule has 5 nitrogen and oxygen atoms in total. The summed E-state index contributed by atoms with van der Waals surface area (Å²) < 4.78 is 39.2. The van der Waals surface area contributed by atoms with Gasteiger partial charge in [0, 0.05) is 11.6 Å². The molecule has 3 aromatic carbocycles. The second-order valence-electron chi connectivity index (χ2n) is 6.49. The highest BCUT2D eigenvalue weighted by atomic mass is 19.2. The van der Waals surface area contributed by atoms with Crippen molar-refractivity contribution >= 4 is 16.8 Å². The van der Waals surface area contributed by atoms with E-state index in [1.165, 1.54) is 31.5 Å². The molecule has 0 radical (unpaired) electrons. The smallest absolute Gasteiger partial charge is 0.232 e. The van der Waals surface area contributed by atoms with Gasteiger partial charge in [-0.15, -0.1) is 0 Å². The average Bonchev–Trinajstić information content (AvgIpc) is 2.79. The lowest BCUT2D eigenvalue weighted by atomic mass is 10.0. The van der Waals surface area contributed by atoms with Gasteiger partial charge in [-0.05, 0) is 29.8 Å². The Kier molecular flexibility index (Phi) is 5.34. The molecule has 0 saturated heterocycles. The van der Waals surface area contributed by atoms with E-state index in [2.05, 4.69) is 9.97 Å². The largest absolute Gasteiger partial charge is 0.489 e. The highest BCUT2D eigenvalue weighted by Gasteiger charge is 2.20. The topological polar surface area (TPSA) is 61.3 Å². The van der Waals surface area contributed by atoms with E-state index in [0.717, 1.165) is 11.6 Å². The summed E-state index contributed by atoms with van der Waals surface area (Å²) >= 11 is 0. The van der Waals surface area contributed by atoms with Gasteiger partial charge in [0.25, 0.3) is 0 Å². The molecule has 0 aliphatic heterocycles. The Bertz CT molecular complexity index is 1230. The van der Waals surface area contributed by atoms with Crippen LogP contribution in [0.5, 0.6) is 11.6 Å². The monoisotopic (exact) mass is 406 g/mol. The van der Waals surface area contributed by atoms with E-state index in [4.69, 9.17) is 9.47 Å². The molecule has 0 fully saturated rings. The lowest BCUT2D eigenvalue weighted by molar-refractivity contribution is 0.103. The first-order valence-electron chi connectivity index (χ1n) is 9.06. The van der Waals surface area contributed by atoms with Gasteiger partial charge in [0.2, 0.25) is 5.88 Å². The molecular weight excluding hydrogens is 390 g/mol. The molecule has 0 atom stereocenters. The fourth-order valence-corrected chi connectivity index (χ4v) is 2.94. The number of benzene rings is 3. The van der Waals surface area contributed by atoms with Crippen LogP contribution in [0, 0.1) is 11.6 Å². The number of rotatable bonds is 6. The summed E-state index contributed by atoms with van der Waals surface area (Å²) in [4.78, 5) is 21.3. The van der Waals surface area contributed by atoms with Crippen LogP contribution in [0.2, 0.25) is 0 Å². The van der Waals surface area contributed by atoms with Crippen molar-refractivity contribution in [2.24, 2.45) is 0 Å². The van der Waals surface area contributed by atoms with Crippen molar-refractivity contribution < 1.29 is 23.0 Å². The van der Waals surface area contributed by atoms with E-state index in [1.54, 1.807) is 6.07 Å². The first-order valence-corrected chi connectivity index (χ1v) is 9.06. The lowest BCUT2D eigenvalue weighted by Crippen LogP contribution is -2.08. The maximum atomic E-state index is 14.4. The molecule has 0 spiro atoms. The summed E-state index contributed by atoms with van der Waals surface area (Å²) in [6, 6.07) is 15.9.